The average molecular weight is 241 g/mol. The van der Waals surface area contributed by atoms with Crippen LogP contribution in [0.4, 0.5) is 5.82 Å². The molecule has 1 saturated carbocycles. The van der Waals surface area contributed by atoms with Gasteiger partial charge >= 0.3 is 0 Å². The number of hydrogen-bond acceptors (Lipinski definition) is 3. The highest BCUT2D eigenvalue weighted by atomic mass is 35.5. The molecule has 2 unspecified atom stereocenters. The van der Waals surface area contributed by atoms with Crippen LogP contribution in [0.3, 0.4) is 0 Å². The first kappa shape index (κ1) is 11.7. The minimum Gasteiger partial charge on any atom is -0.385 e. The number of pyridine rings is 1. The first-order valence-electron chi connectivity index (χ1n) is 5.71. The van der Waals surface area contributed by atoms with E-state index in [0.29, 0.717) is 16.4 Å². The molecule has 0 saturated heterocycles. The molecule has 0 aliphatic heterocycles. The summed E-state index contributed by atoms with van der Waals surface area (Å²) in [5, 5.41) is 11.3. The van der Waals surface area contributed by atoms with Crippen LogP contribution < -0.4 is 5.73 Å². The topological polar surface area (TPSA) is 59.1 Å². The minimum atomic E-state index is -0.837. The van der Waals surface area contributed by atoms with E-state index < -0.39 is 5.60 Å². The first-order valence-corrected chi connectivity index (χ1v) is 6.09. The number of aliphatic hydroxyl groups is 1. The third-order valence-corrected chi connectivity index (χ3v) is 3.84. The van der Waals surface area contributed by atoms with Crippen molar-refractivity contribution < 1.29 is 5.11 Å². The SMILES string of the molecule is CCC1CCCC1(O)c1cc(Cl)cnc1N. The van der Waals surface area contributed by atoms with Crippen LogP contribution in [-0.2, 0) is 5.60 Å². The molecule has 1 heterocycles. The molecule has 1 aliphatic rings. The second-order valence-electron chi connectivity index (χ2n) is 4.51. The van der Waals surface area contributed by atoms with Gasteiger partial charge in [0.15, 0.2) is 0 Å². The van der Waals surface area contributed by atoms with Gasteiger partial charge in [-0.15, -0.1) is 0 Å². The molecule has 0 radical (unpaired) electrons. The van der Waals surface area contributed by atoms with Crippen LogP contribution in [0.15, 0.2) is 12.3 Å². The van der Waals surface area contributed by atoms with Gasteiger partial charge in [0.25, 0.3) is 0 Å². The summed E-state index contributed by atoms with van der Waals surface area (Å²) < 4.78 is 0. The third kappa shape index (κ3) is 1.78. The standard InChI is InChI=1S/C12H17ClN2O/c1-2-8-4-3-5-12(8,16)10-6-9(13)7-15-11(10)14/h6-8,16H,2-5H2,1H3,(H2,14,15). The zero-order valence-corrected chi connectivity index (χ0v) is 10.2. The van der Waals surface area contributed by atoms with Gasteiger partial charge in [-0.2, -0.15) is 0 Å². The molecule has 1 aliphatic carbocycles. The highest BCUT2D eigenvalue weighted by Crippen LogP contribution is 2.46. The minimum absolute atomic E-state index is 0.259. The predicted octanol–water partition coefficient (Wildman–Crippen LogP) is 2.71. The Morgan fingerprint density at radius 1 is 1.69 bits per heavy atom. The molecule has 88 valence electrons. The van der Waals surface area contributed by atoms with Crippen molar-refractivity contribution in [3.63, 3.8) is 0 Å². The molecule has 0 spiro atoms. The molecule has 0 amide bonds. The van der Waals surface area contributed by atoms with E-state index in [-0.39, 0.29) is 5.92 Å². The Labute approximate surface area is 101 Å². The summed E-state index contributed by atoms with van der Waals surface area (Å²) in [5.74, 6) is 0.655. The average Bonchev–Trinajstić information content (AvgIpc) is 2.64. The van der Waals surface area contributed by atoms with Gasteiger partial charge in [-0.1, -0.05) is 24.9 Å². The van der Waals surface area contributed by atoms with Gasteiger partial charge < -0.3 is 10.8 Å². The molecule has 0 aromatic carbocycles. The fraction of sp³-hybridized carbons (Fsp3) is 0.583. The highest BCUT2D eigenvalue weighted by molar-refractivity contribution is 6.30. The summed E-state index contributed by atoms with van der Waals surface area (Å²) >= 11 is 5.92. The van der Waals surface area contributed by atoms with E-state index in [1.54, 1.807) is 6.07 Å². The Morgan fingerprint density at radius 2 is 2.44 bits per heavy atom. The third-order valence-electron chi connectivity index (χ3n) is 3.63. The van der Waals surface area contributed by atoms with Crippen molar-refractivity contribution in [2.75, 3.05) is 5.73 Å². The highest BCUT2D eigenvalue weighted by Gasteiger charge is 2.43. The smallest absolute Gasteiger partial charge is 0.129 e. The van der Waals surface area contributed by atoms with Crippen molar-refractivity contribution in [3.8, 4) is 0 Å². The fourth-order valence-corrected chi connectivity index (χ4v) is 2.91. The maximum absolute atomic E-state index is 10.7. The van der Waals surface area contributed by atoms with Crippen molar-refractivity contribution in [2.24, 2.45) is 5.92 Å². The molecule has 4 heteroatoms. The van der Waals surface area contributed by atoms with Crippen LogP contribution in [0.2, 0.25) is 5.02 Å². The quantitative estimate of drug-likeness (QED) is 0.836. The lowest BCUT2D eigenvalue weighted by Crippen LogP contribution is -2.31. The van der Waals surface area contributed by atoms with Crippen LogP contribution in [-0.4, -0.2) is 10.1 Å². The van der Waals surface area contributed by atoms with E-state index in [9.17, 15) is 5.11 Å². The van der Waals surface area contributed by atoms with Gasteiger partial charge in [0.1, 0.15) is 5.82 Å². The van der Waals surface area contributed by atoms with Crippen molar-refractivity contribution in [2.45, 2.75) is 38.2 Å². The lowest BCUT2D eigenvalue weighted by Gasteiger charge is -2.30. The fourth-order valence-electron chi connectivity index (χ4n) is 2.75. The van der Waals surface area contributed by atoms with Crippen LogP contribution in [0.1, 0.15) is 38.2 Å². The van der Waals surface area contributed by atoms with Crippen LogP contribution in [0.5, 0.6) is 0 Å². The number of nitrogens with two attached hydrogens (primary N) is 1. The van der Waals surface area contributed by atoms with E-state index in [1.807, 2.05) is 0 Å². The van der Waals surface area contributed by atoms with Crippen LogP contribution in [0, 0.1) is 5.92 Å². The molecule has 1 aromatic rings. The van der Waals surface area contributed by atoms with Gasteiger partial charge in [0, 0.05) is 11.8 Å². The number of anilines is 1. The summed E-state index contributed by atoms with van der Waals surface area (Å²) in [6.45, 7) is 2.09. The number of halogens is 1. The summed E-state index contributed by atoms with van der Waals surface area (Å²) in [5.41, 5.74) is 5.70. The molecule has 3 N–H and O–H groups in total. The monoisotopic (exact) mass is 240 g/mol. The Balaban J connectivity index is 2.45. The first-order chi connectivity index (χ1) is 7.58. The summed E-state index contributed by atoms with van der Waals surface area (Å²) in [6.07, 6.45) is 5.28. The second kappa shape index (κ2) is 4.22. The summed E-state index contributed by atoms with van der Waals surface area (Å²) in [4.78, 5) is 4.02. The molecule has 1 fully saturated rings. The molecular weight excluding hydrogens is 224 g/mol. The normalized spacial score (nSPS) is 29.6. The van der Waals surface area contributed by atoms with Crippen LogP contribution >= 0.6 is 11.6 Å². The van der Waals surface area contributed by atoms with E-state index in [1.165, 1.54) is 6.20 Å². The number of hydrogen-bond donors (Lipinski definition) is 2. The zero-order valence-electron chi connectivity index (χ0n) is 9.41. The molecule has 16 heavy (non-hydrogen) atoms. The largest absolute Gasteiger partial charge is 0.385 e. The van der Waals surface area contributed by atoms with Gasteiger partial charge in [-0.3, -0.25) is 0 Å². The van der Waals surface area contributed by atoms with Crippen molar-refractivity contribution >= 4 is 17.4 Å². The molecule has 0 bridgehead atoms. The Morgan fingerprint density at radius 3 is 3.12 bits per heavy atom. The Kier molecular flexibility index (Phi) is 3.08. The molecule has 2 rings (SSSR count). The van der Waals surface area contributed by atoms with Crippen molar-refractivity contribution in [3.05, 3.63) is 22.8 Å². The molecular formula is C12H17ClN2O. The van der Waals surface area contributed by atoms with E-state index in [2.05, 4.69) is 11.9 Å². The van der Waals surface area contributed by atoms with Gasteiger partial charge in [0.05, 0.1) is 10.6 Å². The van der Waals surface area contributed by atoms with Crippen LogP contribution in [0.25, 0.3) is 0 Å². The Hall–Kier alpha value is -0.800. The maximum Gasteiger partial charge on any atom is 0.129 e. The lowest BCUT2D eigenvalue weighted by atomic mass is 9.82. The second-order valence-corrected chi connectivity index (χ2v) is 4.94. The number of aromatic nitrogens is 1. The van der Waals surface area contributed by atoms with E-state index in [0.717, 1.165) is 25.7 Å². The number of nitrogens with zero attached hydrogens (tertiary/aromatic N) is 1. The molecule has 1 aromatic heterocycles. The number of nitrogen functional groups attached to an aromatic ring is 1. The van der Waals surface area contributed by atoms with E-state index in [4.69, 9.17) is 17.3 Å². The zero-order chi connectivity index (χ0) is 11.8. The summed E-state index contributed by atoms with van der Waals surface area (Å²) in [7, 11) is 0. The van der Waals surface area contributed by atoms with Crippen molar-refractivity contribution in [1.82, 2.24) is 4.98 Å². The lowest BCUT2D eigenvalue weighted by molar-refractivity contribution is -0.00338. The predicted molar refractivity (Wildman–Crippen MR) is 65.2 cm³/mol. The van der Waals surface area contributed by atoms with Gasteiger partial charge in [-0.25, -0.2) is 4.98 Å². The molecule has 3 nitrogen and oxygen atoms in total. The van der Waals surface area contributed by atoms with Crippen molar-refractivity contribution in [1.29, 1.82) is 0 Å². The van der Waals surface area contributed by atoms with Gasteiger partial charge in [0.2, 0.25) is 0 Å². The maximum atomic E-state index is 10.7. The number of rotatable bonds is 2. The summed E-state index contributed by atoms with van der Waals surface area (Å²) in [6, 6.07) is 1.75. The van der Waals surface area contributed by atoms with Gasteiger partial charge in [-0.05, 0) is 31.2 Å². The Bertz CT molecular complexity index is 397. The van der Waals surface area contributed by atoms with E-state index >= 15 is 0 Å². The molecule has 2 atom stereocenters.